The van der Waals surface area contributed by atoms with Crippen LogP contribution in [0.4, 0.5) is 0 Å². The molecule has 0 spiro atoms. The van der Waals surface area contributed by atoms with E-state index in [0.29, 0.717) is 0 Å². The summed E-state index contributed by atoms with van der Waals surface area (Å²) in [5, 5.41) is 0. The topological polar surface area (TPSA) is 110 Å². The second kappa shape index (κ2) is 8.28. The van der Waals surface area contributed by atoms with Crippen molar-refractivity contribution in [2.24, 2.45) is 0 Å². The third-order valence-corrected chi connectivity index (χ3v) is 0. The molecule has 0 aliphatic rings. The fourth-order valence-corrected chi connectivity index (χ4v) is 0. The van der Waals surface area contributed by atoms with Crippen molar-refractivity contribution in [2.75, 3.05) is 0 Å². The first-order valence-corrected chi connectivity index (χ1v) is 3.09. The molecule has 0 heterocycles. The Labute approximate surface area is 71.3 Å². The van der Waals surface area contributed by atoms with Gasteiger partial charge in [-0.25, -0.2) is 0 Å². The van der Waals surface area contributed by atoms with E-state index in [-0.39, 0.29) is 23.1 Å². The number of hydrogen-bond acceptors (Lipinski definition) is 5. The molecule has 0 aromatic rings. The fraction of sp³-hybridized carbons (Fsp3) is 0. The first kappa shape index (κ1) is 16.1. The van der Waals surface area contributed by atoms with Crippen molar-refractivity contribution < 1.29 is 39.2 Å². The van der Waals surface area contributed by atoms with Crippen LogP contribution in [0.3, 0.4) is 0 Å². The second-order valence-electron chi connectivity index (χ2n) is 0.524. The van der Waals surface area contributed by atoms with Crippen molar-refractivity contribution in [1.29, 1.82) is 0 Å². The molecule has 0 rings (SSSR count). The zero-order chi connectivity index (χ0) is 6.50. The summed E-state index contributed by atoms with van der Waals surface area (Å²) < 4.78 is 6.62. The minimum absolute atomic E-state index is 0. The van der Waals surface area contributed by atoms with Crippen molar-refractivity contribution in [3.05, 3.63) is 0 Å². The van der Waals surface area contributed by atoms with Crippen LogP contribution in [0.25, 0.3) is 0 Å². The van der Waals surface area contributed by atoms with Gasteiger partial charge in [-0.2, -0.15) is 0 Å². The summed E-state index contributed by atoms with van der Waals surface area (Å²) in [6.07, 6.45) is 0. The maximum atomic E-state index is 8.69. The van der Waals surface area contributed by atoms with Gasteiger partial charge in [0.05, 0.1) is 0 Å². The Hall–Kier alpha value is 1.28. The Morgan fingerprint density at radius 1 is 1.12 bits per heavy atom. The SMILES string of the molecule is [Mg+2].[O-][Si]([O-])([O-])O.[OH][Ni+]. The molecule has 48 valence electrons. The van der Waals surface area contributed by atoms with Gasteiger partial charge in [-0.05, 0) is 0 Å². The molecule has 0 atom stereocenters. The molecule has 8 heavy (non-hydrogen) atoms. The van der Waals surface area contributed by atoms with E-state index in [1.54, 1.807) is 0 Å². The van der Waals surface area contributed by atoms with Gasteiger partial charge in [0.25, 0.3) is 0 Å². The molecule has 0 saturated heterocycles. The summed E-state index contributed by atoms with van der Waals surface area (Å²) in [4.78, 5) is 33.1. The molecule has 0 aliphatic heterocycles. The van der Waals surface area contributed by atoms with E-state index in [1.165, 1.54) is 0 Å². The van der Waals surface area contributed by atoms with Crippen LogP contribution in [0.15, 0.2) is 0 Å². The van der Waals surface area contributed by atoms with E-state index >= 15 is 0 Å². The van der Waals surface area contributed by atoms with Crippen molar-refractivity contribution in [2.45, 2.75) is 0 Å². The van der Waals surface area contributed by atoms with Crippen LogP contribution in [0.2, 0.25) is 0 Å². The van der Waals surface area contributed by atoms with Gasteiger partial charge in [0.1, 0.15) is 0 Å². The summed E-state index contributed by atoms with van der Waals surface area (Å²) in [7, 11) is -5.36. The fourth-order valence-electron chi connectivity index (χ4n) is 0. The first-order valence-electron chi connectivity index (χ1n) is 0.977. The van der Waals surface area contributed by atoms with Crippen LogP contribution < -0.4 is 14.4 Å². The third kappa shape index (κ3) is 176. The Balaban J connectivity index is -0.0000000750. The number of rotatable bonds is 0. The van der Waals surface area contributed by atoms with Gasteiger partial charge in [0.2, 0.25) is 0 Å². The molecule has 2 N–H and O–H groups in total. The Morgan fingerprint density at radius 2 is 1.12 bits per heavy atom. The first-order chi connectivity index (χ1) is 3.00. The predicted molar refractivity (Wildman–Crippen MR) is 15.9 cm³/mol. The van der Waals surface area contributed by atoms with Crippen LogP contribution >= 0.6 is 0 Å². The second-order valence-corrected chi connectivity index (χ2v) is 1.57. The summed E-state index contributed by atoms with van der Waals surface area (Å²) in [5.74, 6) is 0. The van der Waals surface area contributed by atoms with Gasteiger partial charge in [-0.1, -0.05) is 0 Å². The molecule has 0 aromatic carbocycles. The Bertz CT molecular complexity index is 27.9. The quantitative estimate of drug-likeness (QED) is 0.373. The van der Waals surface area contributed by atoms with E-state index in [2.05, 4.69) is 15.8 Å². The third-order valence-electron chi connectivity index (χ3n) is 0. The van der Waals surface area contributed by atoms with Gasteiger partial charge in [0.15, 0.2) is 0 Å². The van der Waals surface area contributed by atoms with E-state index in [0.717, 1.165) is 0 Å². The van der Waals surface area contributed by atoms with Crippen LogP contribution in [-0.4, -0.2) is 41.1 Å². The number of hydrogen-bond donors (Lipinski definition) is 2. The van der Waals surface area contributed by atoms with E-state index < -0.39 is 9.05 Å². The molecule has 8 heteroatoms. The van der Waals surface area contributed by atoms with Crippen molar-refractivity contribution in [3.63, 3.8) is 0 Å². The van der Waals surface area contributed by atoms with Crippen LogP contribution in [0, 0.1) is 0 Å². The molecular weight excluding hydrogens is 191 g/mol. The predicted octanol–water partition coefficient (Wildman–Crippen LogP) is -5.45. The van der Waals surface area contributed by atoms with E-state index in [4.69, 9.17) is 23.4 Å². The molecule has 0 bridgehead atoms. The summed E-state index contributed by atoms with van der Waals surface area (Å²) in [6, 6.07) is 0. The van der Waals surface area contributed by atoms with E-state index in [1.807, 2.05) is 0 Å². The zero-order valence-electron chi connectivity index (χ0n) is 3.64. The Morgan fingerprint density at radius 3 is 1.12 bits per heavy atom. The standard InChI is InChI=1S/Mg.Ni.HO4Si.H2O/c;;1-5(2,3)4;/h;;1H;1H2/q2*+2;-3;/p-1. The van der Waals surface area contributed by atoms with Gasteiger partial charge in [-0.3, -0.25) is 0 Å². The van der Waals surface area contributed by atoms with Crippen molar-refractivity contribution in [3.8, 4) is 0 Å². The van der Waals surface area contributed by atoms with Gasteiger partial charge in [-0.15, -0.1) is 9.05 Å². The van der Waals surface area contributed by atoms with Gasteiger partial charge >= 0.3 is 43.1 Å². The molecule has 0 unspecified atom stereocenters. The molecule has 0 aliphatic carbocycles. The Kier molecular flexibility index (Phi) is 16.7. The zero-order valence-corrected chi connectivity index (χ0v) is 7.04. The monoisotopic (exact) mass is 192 g/mol. The summed E-state index contributed by atoms with van der Waals surface area (Å²) in [5.41, 5.74) is 0. The minimum atomic E-state index is -5.36. The average Bonchev–Trinajstić information content (AvgIpc) is 1.36. The average molecular weight is 193 g/mol. The van der Waals surface area contributed by atoms with Gasteiger partial charge < -0.3 is 19.2 Å². The molecule has 0 aromatic heterocycles. The molecule has 0 radical (unpaired) electrons. The molecule has 0 saturated carbocycles. The van der Waals surface area contributed by atoms with Crippen LogP contribution in [0.5, 0.6) is 0 Å². The molecular formula is H2MgNiO5Si. The maximum absolute atomic E-state index is 8.69. The normalized spacial score (nSPS) is 8.38. The molecule has 0 amide bonds. The van der Waals surface area contributed by atoms with Crippen molar-refractivity contribution >= 4 is 32.1 Å². The van der Waals surface area contributed by atoms with Crippen molar-refractivity contribution in [1.82, 2.24) is 0 Å². The van der Waals surface area contributed by atoms with Crippen LogP contribution in [0.1, 0.15) is 0 Å². The van der Waals surface area contributed by atoms with Crippen LogP contribution in [-0.2, 0) is 15.8 Å². The summed E-state index contributed by atoms with van der Waals surface area (Å²) in [6.45, 7) is 0. The van der Waals surface area contributed by atoms with E-state index in [9.17, 15) is 0 Å². The molecule has 5 nitrogen and oxygen atoms in total. The molecule has 0 fully saturated rings. The van der Waals surface area contributed by atoms with Gasteiger partial charge in [0, 0.05) is 0 Å². The summed E-state index contributed by atoms with van der Waals surface area (Å²) >= 11 is 2.88.